The number of aliphatic carboxylic acids is 1. The van der Waals surface area contributed by atoms with Crippen molar-refractivity contribution in [1.29, 1.82) is 0 Å². The van der Waals surface area contributed by atoms with Crippen LogP contribution < -0.4 is 4.90 Å². The van der Waals surface area contributed by atoms with Gasteiger partial charge in [-0.15, -0.1) is 0 Å². The van der Waals surface area contributed by atoms with E-state index in [1.807, 2.05) is 35.2 Å². The predicted molar refractivity (Wildman–Crippen MR) is 76.2 cm³/mol. The summed E-state index contributed by atoms with van der Waals surface area (Å²) in [6, 6.07) is 9.13. The molecular weight excluding hydrogens is 280 g/mol. The molecule has 0 aliphatic carbocycles. The van der Waals surface area contributed by atoms with Gasteiger partial charge in [-0.05, 0) is 12.1 Å². The number of carbonyl (C=O) groups is 1. The van der Waals surface area contributed by atoms with E-state index in [9.17, 15) is 13.2 Å². The van der Waals surface area contributed by atoms with Crippen molar-refractivity contribution >= 4 is 21.7 Å². The molecule has 1 fully saturated rings. The molecule has 110 valence electrons. The zero-order valence-electron chi connectivity index (χ0n) is 11.3. The van der Waals surface area contributed by atoms with Gasteiger partial charge in [0.05, 0.1) is 18.7 Å². The number of carboxylic acids is 1. The fourth-order valence-corrected chi connectivity index (χ4v) is 3.32. The molecule has 0 amide bonds. The number of benzene rings is 1. The molecule has 6 nitrogen and oxygen atoms in total. The largest absolute Gasteiger partial charge is 0.481 e. The highest BCUT2D eigenvalue weighted by molar-refractivity contribution is 7.88. The first kappa shape index (κ1) is 14.8. The second-order valence-electron chi connectivity index (χ2n) is 4.90. The summed E-state index contributed by atoms with van der Waals surface area (Å²) in [6.07, 6.45) is 1.07. The van der Waals surface area contributed by atoms with Gasteiger partial charge < -0.3 is 10.0 Å². The summed E-state index contributed by atoms with van der Waals surface area (Å²) in [5, 5.41) is 9.02. The van der Waals surface area contributed by atoms with Gasteiger partial charge in [-0.25, -0.2) is 8.42 Å². The Labute approximate surface area is 118 Å². The summed E-state index contributed by atoms with van der Waals surface area (Å²) in [5.41, 5.74) is 0.923. The van der Waals surface area contributed by atoms with Gasteiger partial charge in [0.2, 0.25) is 10.0 Å². The number of nitrogens with zero attached hydrogens (tertiary/aromatic N) is 2. The molecular formula is C13H18N2O4S. The van der Waals surface area contributed by atoms with Crippen LogP contribution in [0.4, 0.5) is 5.69 Å². The molecule has 1 aromatic rings. The van der Waals surface area contributed by atoms with Crippen LogP contribution in [0.15, 0.2) is 30.3 Å². The molecule has 1 saturated heterocycles. The first-order valence-electron chi connectivity index (χ1n) is 6.36. The number of rotatable bonds is 4. The summed E-state index contributed by atoms with van der Waals surface area (Å²) >= 11 is 0. The molecule has 0 bridgehead atoms. The molecule has 0 aromatic heterocycles. The van der Waals surface area contributed by atoms with Crippen molar-refractivity contribution in [2.75, 3.05) is 30.8 Å². The Hall–Kier alpha value is -1.60. The first-order valence-corrected chi connectivity index (χ1v) is 8.21. The lowest BCUT2D eigenvalue weighted by Gasteiger charge is -2.41. The molecule has 1 heterocycles. The fourth-order valence-electron chi connectivity index (χ4n) is 2.46. The molecule has 2 rings (SSSR count). The minimum atomic E-state index is -3.29. The Morgan fingerprint density at radius 2 is 1.95 bits per heavy atom. The van der Waals surface area contributed by atoms with E-state index < -0.39 is 16.0 Å². The Morgan fingerprint density at radius 1 is 1.30 bits per heavy atom. The number of anilines is 1. The average Bonchev–Trinajstić information content (AvgIpc) is 2.38. The van der Waals surface area contributed by atoms with Gasteiger partial charge in [0, 0.05) is 25.3 Å². The molecule has 20 heavy (non-hydrogen) atoms. The predicted octanol–water partition coefficient (Wildman–Crippen LogP) is 0.611. The monoisotopic (exact) mass is 298 g/mol. The van der Waals surface area contributed by atoms with Crippen LogP contribution in [-0.2, 0) is 14.8 Å². The third-order valence-corrected chi connectivity index (χ3v) is 4.68. The lowest BCUT2D eigenvalue weighted by Crippen LogP contribution is -2.55. The lowest BCUT2D eigenvalue weighted by atomic mass is 10.1. The van der Waals surface area contributed by atoms with Crippen LogP contribution in [-0.4, -0.2) is 55.7 Å². The topological polar surface area (TPSA) is 77.9 Å². The number of hydrogen-bond acceptors (Lipinski definition) is 4. The maximum Gasteiger partial charge on any atom is 0.305 e. The SMILES string of the molecule is CS(=O)(=O)N1CCN(c2ccccc2)[C@@H](CC(=O)O)C1. The zero-order valence-corrected chi connectivity index (χ0v) is 12.1. The standard InChI is InChI=1S/C13H18N2O4S/c1-20(18,19)14-7-8-15(11-5-3-2-4-6-11)12(10-14)9-13(16)17/h2-6,12H,7-10H2,1H3,(H,16,17)/t12-/m0/s1. The van der Waals surface area contributed by atoms with Crippen molar-refractivity contribution in [1.82, 2.24) is 4.31 Å². The number of hydrogen-bond donors (Lipinski definition) is 1. The molecule has 0 radical (unpaired) electrons. The fraction of sp³-hybridized carbons (Fsp3) is 0.462. The van der Waals surface area contributed by atoms with E-state index in [4.69, 9.17) is 5.11 Å². The molecule has 1 N–H and O–H groups in total. The van der Waals surface area contributed by atoms with Crippen LogP contribution in [0.3, 0.4) is 0 Å². The van der Waals surface area contributed by atoms with E-state index in [1.165, 1.54) is 4.31 Å². The number of sulfonamides is 1. The van der Waals surface area contributed by atoms with E-state index in [0.29, 0.717) is 13.1 Å². The van der Waals surface area contributed by atoms with Crippen LogP contribution in [0.25, 0.3) is 0 Å². The van der Waals surface area contributed by atoms with E-state index in [-0.39, 0.29) is 19.0 Å². The molecule has 1 aliphatic rings. The Balaban J connectivity index is 2.22. The highest BCUT2D eigenvalue weighted by Crippen LogP contribution is 2.23. The van der Waals surface area contributed by atoms with Crippen molar-refractivity contribution in [3.05, 3.63) is 30.3 Å². The molecule has 0 spiro atoms. The smallest absolute Gasteiger partial charge is 0.305 e. The van der Waals surface area contributed by atoms with Crippen molar-refractivity contribution in [2.45, 2.75) is 12.5 Å². The van der Waals surface area contributed by atoms with Crippen LogP contribution in [0.2, 0.25) is 0 Å². The number of para-hydroxylation sites is 1. The third-order valence-electron chi connectivity index (χ3n) is 3.41. The molecule has 1 atom stereocenters. The summed E-state index contributed by atoms with van der Waals surface area (Å²) < 4.78 is 24.6. The normalized spacial score (nSPS) is 20.9. The van der Waals surface area contributed by atoms with Gasteiger partial charge in [-0.2, -0.15) is 4.31 Å². The van der Waals surface area contributed by atoms with E-state index in [0.717, 1.165) is 11.9 Å². The maximum absolute atomic E-state index is 11.6. The minimum Gasteiger partial charge on any atom is -0.481 e. The summed E-state index contributed by atoms with van der Waals surface area (Å²) in [5.74, 6) is -0.925. The van der Waals surface area contributed by atoms with E-state index in [2.05, 4.69) is 0 Å². The highest BCUT2D eigenvalue weighted by atomic mass is 32.2. The van der Waals surface area contributed by atoms with Crippen molar-refractivity contribution in [3.8, 4) is 0 Å². The zero-order chi connectivity index (χ0) is 14.8. The van der Waals surface area contributed by atoms with Gasteiger partial charge in [-0.1, -0.05) is 18.2 Å². The maximum atomic E-state index is 11.6. The Kier molecular flexibility index (Phi) is 4.29. The van der Waals surface area contributed by atoms with Crippen molar-refractivity contribution < 1.29 is 18.3 Å². The molecule has 1 aromatic carbocycles. The van der Waals surface area contributed by atoms with Crippen molar-refractivity contribution in [3.63, 3.8) is 0 Å². The molecule has 0 unspecified atom stereocenters. The number of carboxylic acid groups (broad SMARTS) is 1. The van der Waals surface area contributed by atoms with Gasteiger partial charge in [-0.3, -0.25) is 4.79 Å². The highest BCUT2D eigenvalue weighted by Gasteiger charge is 2.32. The average molecular weight is 298 g/mol. The second kappa shape index (κ2) is 5.80. The van der Waals surface area contributed by atoms with Gasteiger partial charge in [0.15, 0.2) is 0 Å². The van der Waals surface area contributed by atoms with Gasteiger partial charge >= 0.3 is 5.97 Å². The van der Waals surface area contributed by atoms with E-state index in [1.54, 1.807) is 0 Å². The molecule has 7 heteroatoms. The number of piperazine rings is 1. The molecule has 0 saturated carbocycles. The van der Waals surface area contributed by atoms with Crippen LogP contribution in [0.1, 0.15) is 6.42 Å². The third kappa shape index (κ3) is 3.49. The van der Waals surface area contributed by atoms with E-state index >= 15 is 0 Å². The Bertz CT molecular complexity index is 573. The quantitative estimate of drug-likeness (QED) is 0.881. The second-order valence-corrected chi connectivity index (χ2v) is 6.88. The molecule has 1 aliphatic heterocycles. The van der Waals surface area contributed by atoms with Crippen LogP contribution >= 0.6 is 0 Å². The minimum absolute atomic E-state index is 0.0824. The lowest BCUT2D eigenvalue weighted by molar-refractivity contribution is -0.137. The summed E-state index contributed by atoms with van der Waals surface area (Å²) in [7, 11) is -3.29. The van der Waals surface area contributed by atoms with Crippen LogP contribution in [0.5, 0.6) is 0 Å². The Morgan fingerprint density at radius 3 is 2.50 bits per heavy atom. The summed E-state index contributed by atoms with van der Waals surface area (Å²) in [4.78, 5) is 13.0. The summed E-state index contributed by atoms with van der Waals surface area (Å²) in [6.45, 7) is 1.08. The van der Waals surface area contributed by atoms with Crippen molar-refractivity contribution in [2.24, 2.45) is 0 Å². The van der Waals surface area contributed by atoms with Gasteiger partial charge in [0.1, 0.15) is 0 Å². The van der Waals surface area contributed by atoms with Crippen LogP contribution in [0, 0.1) is 0 Å². The van der Waals surface area contributed by atoms with Gasteiger partial charge in [0.25, 0.3) is 0 Å². The first-order chi connectivity index (χ1) is 9.38.